The molecule has 10 heteroatoms. The topological polar surface area (TPSA) is 123 Å². The van der Waals surface area contributed by atoms with Crippen molar-refractivity contribution in [1.82, 2.24) is 19.5 Å². The van der Waals surface area contributed by atoms with E-state index in [0.717, 1.165) is 6.07 Å². The molecule has 4 rings (SSSR count). The van der Waals surface area contributed by atoms with Gasteiger partial charge in [0.25, 0.3) is 5.56 Å². The van der Waals surface area contributed by atoms with E-state index in [-0.39, 0.29) is 39.7 Å². The van der Waals surface area contributed by atoms with Crippen LogP contribution in [-0.4, -0.2) is 19.5 Å². The van der Waals surface area contributed by atoms with Crippen molar-refractivity contribution in [1.29, 1.82) is 5.26 Å². The van der Waals surface area contributed by atoms with Gasteiger partial charge in [-0.2, -0.15) is 10.2 Å². The number of halogens is 2. The Balaban J connectivity index is 1.97. The summed E-state index contributed by atoms with van der Waals surface area (Å²) < 4.78 is 29.1. The quantitative estimate of drug-likeness (QED) is 0.494. The number of nitrogens with zero attached hydrogens (tertiary/aromatic N) is 5. The molecular formula is C22H17F2N7O. The Kier molecular flexibility index (Phi) is 5.47. The summed E-state index contributed by atoms with van der Waals surface area (Å²) in [6.45, 7) is 1.84. The Morgan fingerprint density at radius 2 is 1.97 bits per heavy atom. The summed E-state index contributed by atoms with van der Waals surface area (Å²) in [6.07, 6.45) is 1.71. The first kappa shape index (κ1) is 20.9. The van der Waals surface area contributed by atoms with Crippen molar-refractivity contribution in [2.45, 2.75) is 19.4 Å². The standard InChI is InChI=1S/C22H17F2N7O/c1-2-17(28-19-12(10-25)11-27-22(26)30-19)20-29-18-7-6-14(24)9-16(18)21(32)31(20)15-5-3-4-13(23)8-15/h3-9,11,17H,2H2,1H3,(H3,26,27,28,30). The molecule has 0 aliphatic heterocycles. The van der Waals surface area contributed by atoms with Crippen molar-refractivity contribution in [2.75, 3.05) is 11.1 Å². The van der Waals surface area contributed by atoms with Gasteiger partial charge in [-0.05, 0) is 42.8 Å². The highest BCUT2D eigenvalue weighted by Crippen LogP contribution is 2.25. The number of nitrogens with two attached hydrogens (primary N) is 1. The molecule has 0 aliphatic rings. The fourth-order valence-electron chi connectivity index (χ4n) is 3.37. The third-order valence-corrected chi connectivity index (χ3v) is 4.88. The van der Waals surface area contributed by atoms with Crippen LogP contribution in [0.5, 0.6) is 0 Å². The minimum atomic E-state index is -0.623. The number of hydrogen-bond acceptors (Lipinski definition) is 7. The van der Waals surface area contributed by atoms with Gasteiger partial charge in [0.15, 0.2) is 0 Å². The van der Waals surface area contributed by atoms with Gasteiger partial charge in [0.2, 0.25) is 5.95 Å². The number of rotatable bonds is 5. The second-order valence-corrected chi connectivity index (χ2v) is 6.96. The molecule has 2 aromatic carbocycles. The van der Waals surface area contributed by atoms with Crippen LogP contribution < -0.4 is 16.6 Å². The third-order valence-electron chi connectivity index (χ3n) is 4.88. The average Bonchev–Trinajstić information content (AvgIpc) is 2.78. The smallest absolute Gasteiger partial charge is 0.266 e. The van der Waals surface area contributed by atoms with Crippen molar-refractivity contribution in [3.63, 3.8) is 0 Å². The molecule has 4 aromatic rings. The summed E-state index contributed by atoms with van der Waals surface area (Å²) in [4.78, 5) is 25.8. The summed E-state index contributed by atoms with van der Waals surface area (Å²) in [5, 5.41) is 12.5. The number of nitrogens with one attached hydrogen (secondary N) is 1. The predicted molar refractivity (Wildman–Crippen MR) is 115 cm³/mol. The predicted octanol–water partition coefficient (Wildman–Crippen LogP) is 3.47. The molecule has 0 aliphatic carbocycles. The zero-order chi connectivity index (χ0) is 22.8. The fourth-order valence-corrected chi connectivity index (χ4v) is 3.37. The van der Waals surface area contributed by atoms with Gasteiger partial charge < -0.3 is 11.1 Å². The number of benzene rings is 2. The molecule has 0 fully saturated rings. The number of nitriles is 1. The van der Waals surface area contributed by atoms with Gasteiger partial charge in [-0.15, -0.1) is 0 Å². The zero-order valence-electron chi connectivity index (χ0n) is 16.9. The minimum Gasteiger partial charge on any atom is -0.368 e. The summed E-state index contributed by atoms with van der Waals surface area (Å²) in [5.74, 6) is -0.758. The van der Waals surface area contributed by atoms with Crippen LogP contribution in [0.1, 0.15) is 30.8 Å². The van der Waals surface area contributed by atoms with Crippen molar-refractivity contribution < 1.29 is 8.78 Å². The molecule has 3 N–H and O–H groups in total. The molecule has 0 saturated carbocycles. The van der Waals surface area contributed by atoms with Crippen LogP contribution in [0, 0.1) is 23.0 Å². The molecule has 0 spiro atoms. The van der Waals surface area contributed by atoms with Crippen molar-refractivity contribution in [2.24, 2.45) is 0 Å². The van der Waals surface area contributed by atoms with Gasteiger partial charge in [-0.1, -0.05) is 13.0 Å². The fraction of sp³-hybridized carbons (Fsp3) is 0.136. The second kappa shape index (κ2) is 8.39. The molecule has 1 atom stereocenters. The molecule has 32 heavy (non-hydrogen) atoms. The lowest BCUT2D eigenvalue weighted by molar-refractivity contribution is 0.620. The molecule has 0 amide bonds. The van der Waals surface area contributed by atoms with E-state index >= 15 is 0 Å². The highest BCUT2D eigenvalue weighted by molar-refractivity contribution is 5.78. The number of hydrogen-bond donors (Lipinski definition) is 2. The highest BCUT2D eigenvalue weighted by atomic mass is 19.1. The molecular weight excluding hydrogens is 416 g/mol. The van der Waals surface area contributed by atoms with Crippen LogP contribution in [0.4, 0.5) is 20.5 Å². The Hall–Kier alpha value is -4.39. The Morgan fingerprint density at radius 1 is 1.19 bits per heavy atom. The molecule has 8 nitrogen and oxygen atoms in total. The van der Waals surface area contributed by atoms with Gasteiger partial charge in [-0.25, -0.2) is 18.7 Å². The first-order valence-electron chi connectivity index (χ1n) is 9.68. The number of aromatic nitrogens is 4. The Bertz CT molecular complexity index is 1430. The Morgan fingerprint density at radius 3 is 2.69 bits per heavy atom. The van der Waals surface area contributed by atoms with E-state index in [1.54, 1.807) is 6.07 Å². The van der Waals surface area contributed by atoms with Crippen LogP contribution in [0.25, 0.3) is 16.6 Å². The molecule has 2 aromatic heterocycles. The number of fused-ring (bicyclic) bond motifs is 1. The Labute approximate surface area is 181 Å². The van der Waals surface area contributed by atoms with Gasteiger partial charge in [0, 0.05) is 0 Å². The third kappa shape index (κ3) is 3.83. The molecule has 2 heterocycles. The summed E-state index contributed by atoms with van der Waals surface area (Å²) in [7, 11) is 0. The number of nitrogen functional groups attached to an aromatic ring is 1. The van der Waals surface area contributed by atoms with Gasteiger partial charge in [0.1, 0.15) is 34.9 Å². The van der Waals surface area contributed by atoms with Crippen LogP contribution >= 0.6 is 0 Å². The first-order valence-corrected chi connectivity index (χ1v) is 9.68. The van der Waals surface area contributed by atoms with E-state index < -0.39 is 23.2 Å². The highest BCUT2D eigenvalue weighted by Gasteiger charge is 2.22. The van der Waals surface area contributed by atoms with E-state index in [0.29, 0.717) is 6.42 Å². The van der Waals surface area contributed by atoms with Gasteiger partial charge in [-0.3, -0.25) is 9.36 Å². The summed E-state index contributed by atoms with van der Waals surface area (Å²) in [6, 6.07) is 10.5. The van der Waals surface area contributed by atoms with E-state index in [4.69, 9.17) is 5.73 Å². The summed E-state index contributed by atoms with van der Waals surface area (Å²) >= 11 is 0. The van der Waals surface area contributed by atoms with Crippen LogP contribution in [0.2, 0.25) is 0 Å². The molecule has 0 radical (unpaired) electrons. The lowest BCUT2D eigenvalue weighted by Crippen LogP contribution is -2.28. The summed E-state index contributed by atoms with van der Waals surface area (Å²) in [5.41, 5.74) is 5.77. The van der Waals surface area contributed by atoms with Crippen LogP contribution in [0.15, 0.2) is 53.5 Å². The maximum atomic E-state index is 14.0. The molecule has 1 unspecified atom stereocenters. The van der Waals surface area contributed by atoms with E-state index in [1.807, 2.05) is 13.0 Å². The van der Waals surface area contributed by atoms with E-state index in [9.17, 15) is 18.8 Å². The minimum absolute atomic E-state index is 0.0363. The largest absolute Gasteiger partial charge is 0.368 e. The van der Waals surface area contributed by atoms with Crippen LogP contribution in [0.3, 0.4) is 0 Å². The maximum absolute atomic E-state index is 14.0. The van der Waals surface area contributed by atoms with Crippen molar-refractivity contribution >= 4 is 22.7 Å². The zero-order valence-corrected chi connectivity index (χ0v) is 16.9. The second-order valence-electron chi connectivity index (χ2n) is 6.96. The van der Waals surface area contributed by atoms with Crippen molar-refractivity contribution in [3.05, 3.63) is 82.0 Å². The molecule has 0 bridgehead atoms. The monoisotopic (exact) mass is 433 g/mol. The molecule has 0 saturated heterocycles. The van der Waals surface area contributed by atoms with Crippen molar-refractivity contribution in [3.8, 4) is 11.8 Å². The van der Waals surface area contributed by atoms with E-state index in [2.05, 4.69) is 20.3 Å². The normalized spacial score (nSPS) is 11.8. The molecule has 160 valence electrons. The first-order chi connectivity index (χ1) is 15.4. The lowest BCUT2D eigenvalue weighted by Gasteiger charge is -2.22. The SMILES string of the molecule is CCC(Nc1nc(N)ncc1C#N)c1nc2ccc(F)cc2c(=O)n1-c1cccc(F)c1. The van der Waals surface area contributed by atoms with Crippen LogP contribution in [-0.2, 0) is 0 Å². The van der Waals surface area contributed by atoms with Gasteiger partial charge >= 0.3 is 0 Å². The maximum Gasteiger partial charge on any atom is 0.266 e. The average molecular weight is 433 g/mol. The van der Waals surface area contributed by atoms with Gasteiger partial charge in [0.05, 0.1) is 28.8 Å². The number of anilines is 2. The van der Waals surface area contributed by atoms with E-state index in [1.165, 1.54) is 41.1 Å². The lowest BCUT2D eigenvalue weighted by atomic mass is 10.1.